The second-order valence-corrected chi connectivity index (χ2v) is 13.1. The fourth-order valence-electron chi connectivity index (χ4n) is 4.77. The van der Waals surface area contributed by atoms with Gasteiger partial charge in [0.2, 0.25) is 15.9 Å². The van der Waals surface area contributed by atoms with E-state index >= 15 is 0 Å². The van der Waals surface area contributed by atoms with Crippen molar-refractivity contribution in [2.45, 2.75) is 62.4 Å². The average Bonchev–Trinajstić information content (AvgIpc) is 3.30. The SMILES string of the molecule is CC(C)c1cnn2c(Nc3ccc(S(=O)(=O)N(C)C)cc3)cc(NC3CCC(NC(=O)CN(C)C)CC3)nc12. The van der Waals surface area contributed by atoms with Crippen molar-refractivity contribution in [3.05, 3.63) is 42.1 Å². The van der Waals surface area contributed by atoms with E-state index in [4.69, 9.17) is 4.98 Å². The van der Waals surface area contributed by atoms with E-state index in [1.165, 1.54) is 18.4 Å². The van der Waals surface area contributed by atoms with Crippen LogP contribution in [0.4, 0.5) is 17.3 Å². The second-order valence-electron chi connectivity index (χ2n) is 11.0. The van der Waals surface area contributed by atoms with Crippen molar-refractivity contribution in [1.82, 2.24) is 29.1 Å². The molecular weight excluding hydrogens is 516 g/mol. The highest BCUT2D eigenvalue weighted by Gasteiger charge is 2.24. The fraction of sp³-hybridized carbons (Fsp3) is 0.519. The summed E-state index contributed by atoms with van der Waals surface area (Å²) in [7, 11) is 3.31. The van der Waals surface area contributed by atoms with Gasteiger partial charge in [-0.15, -0.1) is 0 Å². The standard InChI is InChI=1S/C27H40N8O3S/c1-18(2)23-16-28-35-25(30-20-11-13-22(14-12-20)39(37,38)34(5)6)15-24(32-27(23)35)29-19-7-9-21(10-8-19)31-26(36)17-33(3)4/h11-16,18-19,21,30H,7-10,17H2,1-6H3,(H,29,32)(H,31,36). The molecule has 0 unspecified atom stereocenters. The Morgan fingerprint density at radius 1 is 1.05 bits per heavy atom. The molecule has 0 radical (unpaired) electrons. The molecule has 11 nitrogen and oxygen atoms in total. The first-order valence-corrected chi connectivity index (χ1v) is 14.8. The number of amides is 1. The normalized spacial score (nSPS) is 18.2. The van der Waals surface area contributed by atoms with Gasteiger partial charge in [-0.25, -0.2) is 17.7 Å². The summed E-state index contributed by atoms with van der Waals surface area (Å²) in [6.45, 7) is 4.62. The number of hydrogen-bond donors (Lipinski definition) is 3. The predicted octanol–water partition coefficient (Wildman–Crippen LogP) is 3.25. The maximum absolute atomic E-state index is 12.4. The van der Waals surface area contributed by atoms with E-state index < -0.39 is 10.0 Å². The van der Waals surface area contributed by atoms with E-state index in [1.54, 1.807) is 28.8 Å². The molecule has 1 aliphatic carbocycles. The highest BCUT2D eigenvalue weighted by molar-refractivity contribution is 7.89. The van der Waals surface area contributed by atoms with Crippen LogP contribution in [0.2, 0.25) is 0 Å². The Labute approximate surface area is 231 Å². The molecule has 1 saturated carbocycles. The number of nitrogens with zero attached hydrogens (tertiary/aromatic N) is 5. The molecule has 1 aliphatic rings. The van der Waals surface area contributed by atoms with Crippen molar-refractivity contribution in [3.63, 3.8) is 0 Å². The van der Waals surface area contributed by atoms with E-state index in [-0.39, 0.29) is 28.8 Å². The summed E-state index contributed by atoms with van der Waals surface area (Å²) in [4.78, 5) is 19.2. The Balaban J connectivity index is 1.52. The monoisotopic (exact) mass is 556 g/mol. The van der Waals surface area contributed by atoms with Gasteiger partial charge in [0, 0.05) is 43.5 Å². The molecule has 1 amide bonds. The van der Waals surface area contributed by atoms with Crippen LogP contribution >= 0.6 is 0 Å². The molecule has 1 fully saturated rings. The maximum Gasteiger partial charge on any atom is 0.242 e. The maximum atomic E-state index is 12.4. The summed E-state index contributed by atoms with van der Waals surface area (Å²) in [5.74, 6) is 1.78. The molecule has 0 aliphatic heterocycles. The van der Waals surface area contributed by atoms with Gasteiger partial charge in [-0.05, 0) is 70.0 Å². The number of carbonyl (C=O) groups is 1. The molecule has 4 rings (SSSR count). The number of anilines is 3. The first-order valence-electron chi connectivity index (χ1n) is 13.3. The Bertz CT molecular complexity index is 1390. The number of benzene rings is 1. The van der Waals surface area contributed by atoms with Crippen LogP contribution < -0.4 is 16.0 Å². The van der Waals surface area contributed by atoms with Gasteiger partial charge in [-0.1, -0.05) is 13.8 Å². The van der Waals surface area contributed by atoms with Crippen molar-refractivity contribution in [1.29, 1.82) is 0 Å². The summed E-state index contributed by atoms with van der Waals surface area (Å²) < 4.78 is 27.9. The molecule has 2 aromatic heterocycles. The summed E-state index contributed by atoms with van der Waals surface area (Å²) in [5, 5.41) is 14.7. The molecule has 12 heteroatoms. The molecule has 212 valence electrons. The molecule has 0 atom stereocenters. The minimum Gasteiger partial charge on any atom is -0.367 e. The van der Waals surface area contributed by atoms with Gasteiger partial charge >= 0.3 is 0 Å². The molecule has 2 heterocycles. The third-order valence-corrected chi connectivity index (χ3v) is 8.76. The van der Waals surface area contributed by atoms with E-state index in [9.17, 15) is 13.2 Å². The van der Waals surface area contributed by atoms with Gasteiger partial charge < -0.3 is 20.9 Å². The van der Waals surface area contributed by atoms with E-state index in [0.717, 1.165) is 54.2 Å². The van der Waals surface area contributed by atoms with Crippen molar-refractivity contribution in [2.75, 3.05) is 45.4 Å². The van der Waals surface area contributed by atoms with Crippen LogP contribution in [0, 0.1) is 0 Å². The summed E-state index contributed by atoms with van der Waals surface area (Å²) in [6, 6.07) is 9.05. The number of aromatic nitrogens is 3. The number of carbonyl (C=O) groups excluding carboxylic acids is 1. The predicted molar refractivity (Wildman–Crippen MR) is 154 cm³/mol. The highest BCUT2D eigenvalue weighted by atomic mass is 32.2. The van der Waals surface area contributed by atoms with Gasteiger partial charge in [0.25, 0.3) is 0 Å². The molecule has 3 N–H and O–H groups in total. The van der Waals surface area contributed by atoms with Crippen LogP contribution in [0.1, 0.15) is 51.0 Å². The van der Waals surface area contributed by atoms with Crippen molar-refractivity contribution in [2.24, 2.45) is 0 Å². The lowest BCUT2D eigenvalue weighted by atomic mass is 9.91. The Hall–Kier alpha value is -3.22. The van der Waals surface area contributed by atoms with Crippen LogP contribution in [0.5, 0.6) is 0 Å². The smallest absolute Gasteiger partial charge is 0.242 e. The van der Waals surface area contributed by atoms with Gasteiger partial charge in [0.1, 0.15) is 11.6 Å². The first kappa shape index (κ1) is 28.8. The molecule has 0 spiro atoms. The van der Waals surface area contributed by atoms with E-state index in [0.29, 0.717) is 6.54 Å². The topological polar surface area (TPSA) is 124 Å². The zero-order chi connectivity index (χ0) is 28.3. The number of sulfonamides is 1. The van der Waals surface area contributed by atoms with E-state index in [2.05, 4.69) is 34.9 Å². The Morgan fingerprint density at radius 3 is 2.28 bits per heavy atom. The van der Waals surface area contributed by atoms with E-state index in [1.807, 2.05) is 31.3 Å². The lowest BCUT2D eigenvalue weighted by molar-refractivity contribution is -0.122. The zero-order valence-electron chi connectivity index (χ0n) is 23.6. The van der Waals surface area contributed by atoms with Crippen LogP contribution in [0.15, 0.2) is 41.4 Å². The van der Waals surface area contributed by atoms with Gasteiger partial charge in [0.15, 0.2) is 5.65 Å². The lowest BCUT2D eigenvalue weighted by Gasteiger charge is -2.30. The number of hydrogen-bond acceptors (Lipinski definition) is 8. The quantitative estimate of drug-likeness (QED) is 0.348. The lowest BCUT2D eigenvalue weighted by Crippen LogP contribution is -2.43. The summed E-state index contributed by atoms with van der Waals surface area (Å²) in [6.07, 6.45) is 5.53. The third kappa shape index (κ3) is 6.87. The van der Waals surface area contributed by atoms with Crippen LogP contribution in [0.3, 0.4) is 0 Å². The average molecular weight is 557 g/mol. The van der Waals surface area contributed by atoms with Gasteiger partial charge in [0.05, 0.1) is 17.6 Å². The summed E-state index contributed by atoms with van der Waals surface area (Å²) >= 11 is 0. The molecule has 0 saturated heterocycles. The number of fused-ring (bicyclic) bond motifs is 1. The van der Waals surface area contributed by atoms with Crippen LogP contribution in [-0.4, -0.2) is 84.9 Å². The zero-order valence-corrected chi connectivity index (χ0v) is 24.4. The second kappa shape index (κ2) is 11.9. The van der Waals surface area contributed by atoms with Crippen molar-refractivity contribution in [3.8, 4) is 0 Å². The minimum absolute atomic E-state index is 0.0635. The molecule has 3 aromatic rings. The number of rotatable bonds is 10. The van der Waals surface area contributed by atoms with Crippen LogP contribution in [0.25, 0.3) is 5.65 Å². The molecule has 1 aromatic carbocycles. The minimum atomic E-state index is -3.50. The van der Waals surface area contributed by atoms with Crippen molar-refractivity contribution < 1.29 is 13.2 Å². The summed E-state index contributed by atoms with van der Waals surface area (Å²) in [5.41, 5.74) is 2.55. The molecular formula is C27H40N8O3S. The fourth-order valence-corrected chi connectivity index (χ4v) is 5.67. The largest absolute Gasteiger partial charge is 0.367 e. The Kier molecular flexibility index (Phi) is 8.77. The number of likely N-dealkylation sites (N-methyl/N-ethyl adjacent to an activating group) is 1. The third-order valence-electron chi connectivity index (χ3n) is 6.93. The first-order chi connectivity index (χ1) is 18.4. The Morgan fingerprint density at radius 2 is 1.69 bits per heavy atom. The van der Waals surface area contributed by atoms with Crippen molar-refractivity contribution >= 4 is 38.9 Å². The number of nitrogens with one attached hydrogen (secondary N) is 3. The molecule has 0 bridgehead atoms. The van der Waals surface area contributed by atoms with Gasteiger partial charge in [-0.2, -0.15) is 9.61 Å². The van der Waals surface area contributed by atoms with Gasteiger partial charge in [-0.3, -0.25) is 4.79 Å². The highest BCUT2D eigenvalue weighted by Crippen LogP contribution is 2.28. The van der Waals surface area contributed by atoms with Crippen LogP contribution in [-0.2, 0) is 14.8 Å². The molecule has 39 heavy (non-hydrogen) atoms.